The van der Waals surface area contributed by atoms with Crippen LogP contribution >= 0.6 is 11.6 Å². The Morgan fingerprint density at radius 1 is 0.966 bits per heavy atom. The normalized spacial score (nSPS) is 16.1. The number of amides is 2. The number of halogens is 1. The van der Waals surface area contributed by atoms with E-state index in [1.165, 1.54) is 5.56 Å². The summed E-state index contributed by atoms with van der Waals surface area (Å²) in [7, 11) is 0. The number of nitrogens with zero attached hydrogens (tertiary/aromatic N) is 1. The van der Waals surface area contributed by atoms with E-state index in [0.717, 1.165) is 17.7 Å². The van der Waals surface area contributed by atoms with E-state index in [2.05, 4.69) is 17.4 Å². The van der Waals surface area contributed by atoms with Crippen LogP contribution in [0.4, 0.5) is 11.4 Å². The van der Waals surface area contributed by atoms with Gasteiger partial charge in [-0.2, -0.15) is 0 Å². The monoisotopic (exact) mass is 404 g/mol. The van der Waals surface area contributed by atoms with E-state index in [9.17, 15) is 9.59 Å². The van der Waals surface area contributed by atoms with Crippen molar-refractivity contribution in [3.63, 3.8) is 0 Å². The Balaban J connectivity index is 1.48. The maximum atomic E-state index is 12.9. The molecule has 0 bridgehead atoms. The van der Waals surface area contributed by atoms with E-state index < -0.39 is 5.92 Å². The summed E-state index contributed by atoms with van der Waals surface area (Å²) in [6.45, 7) is 0.329. The number of carbonyl (C=O) groups excluding carboxylic acids is 2. The summed E-state index contributed by atoms with van der Waals surface area (Å²) in [4.78, 5) is 27.0. The van der Waals surface area contributed by atoms with Crippen LogP contribution in [0, 0.1) is 5.92 Å². The van der Waals surface area contributed by atoms with Crippen molar-refractivity contribution in [1.82, 2.24) is 0 Å². The van der Waals surface area contributed by atoms with Crippen molar-refractivity contribution in [2.24, 2.45) is 5.92 Å². The molecule has 1 heterocycles. The minimum absolute atomic E-state index is 0.0872. The summed E-state index contributed by atoms with van der Waals surface area (Å²) in [5.74, 6) is -0.646. The van der Waals surface area contributed by atoms with E-state index in [0.29, 0.717) is 17.3 Å². The first-order valence-corrected chi connectivity index (χ1v) is 9.97. The van der Waals surface area contributed by atoms with Crippen molar-refractivity contribution in [3.05, 3.63) is 95.0 Å². The highest BCUT2D eigenvalue weighted by molar-refractivity contribution is 6.33. The topological polar surface area (TPSA) is 49.4 Å². The standard InChI is InChI=1S/C24H21ClN2O2/c25-20-11-5-7-13-22(20)27-16-19(15-23(27)28)24(29)26-21-12-6-4-10-18(21)14-17-8-2-1-3-9-17/h1-13,19H,14-16H2,(H,26,29). The Morgan fingerprint density at radius 2 is 1.66 bits per heavy atom. The molecule has 3 aromatic rings. The molecule has 0 radical (unpaired) electrons. The minimum atomic E-state index is -0.413. The molecule has 1 aliphatic rings. The van der Waals surface area contributed by atoms with Crippen molar-refractivity contribution in [3.8, 4) is 0 Å². The molecular weight excluding hydrogens is 384 g/mol. The molecule has 1 aliphatic heterocycles. The summed E-state index contributed by atoms with van der Waals surface area (Å²) in [6.07, 6.45) is 0.907. The highest BCUT2D eigenvalue weighted by Gasteiger charge is 2.36. The van der Waals surface area contributed by atoms with Crippen LogP contribution in [0.3, 0.4) is 0 Å². The predicted molar refractivity (Wildman–Crippen MR) is 116 cm³/mol. The first kappa shape index (κ1) is 19.2. The highest BCUT2D eigenvalue weighted by Crippen LogP contribution is 2.31. The zero-order valence-corrected chi connectivity index (χ0v) is 16.6. The van der Waals surface area contributed by atoms with Crippen LogP contribution in [0.25, 0.3) is 0 Å². The van der Waals surface area contributed by atoms with Crippen LogP contribution in [0.1, 0.15) is 17.5 Å². The first-order chi connectivity index (χ1) is 14.1. The van der Waals surface area contributed by atoms with Crippen LogP contribution in [-0.4, -0.2) is 18.4 Å². The number of carbonyl (C=O) groups is 2. The Kier molecular flexibility index (Phi) is 5.63. The van der Waals surface area contributed by atoms with E-state index in [1.54, 1.807) is 17.0 Å². The highest BCUT2D eigenvalue weighted by atomic mass is 35.5. The molecule has 1 fully saturated rings. The number of hydrogen-bond donors (Lipinski definition) is 1. The van der Waals surface area contributed by atoms with Crippen molar-refractivity contribution >= 4 is 34.8 Å². The van der Waals surface area contributed by atoms with Crippen LogP contribution < -0.4 is 10.2 Å². The maximum Gasteiger partial charge on any atom is 0.229 e. The fraction of sp³-hybridized carbons (Fsp3) is 0.167. The molecule has 4 nitrogen and oxygen atoms in total. The Bertz CT molecular complexity index is 1040. The number of nitrogens with one attached hydrogen (secondary N) is 1. The largest absolute Gasteiger partial charge is 0.326 e. The van der Waals surface area contributed by atoms with Gasteiger partial charge in [0.1, 0.15) is 0 Å². The summed E-state index contributed by atoms with van der Waals surface area (Å²) in [6, 6.07) is 25.1. The smallest absolute Gasteiger partial charge is 0.229 e. The zero-order valence-electron chi connectivity index (χ0n) is 15.8. The molecule has 0 aliphatic carbocycles. The van der Waals surface area contributed by atoms with Crippen LogP contribution in [0.5, 0.6) is 0 Å². The number of para-hydroxylation sites is 2. The van der Waals surface area contributed by atoms with Gasteiger partial charge in [0, 0.05) is 18.7 Å². The van der Waals surface area contributed by atoms with Gasteiger partial charge in [-0.25, -0.2) is 0 Å². The second-order valence-electron chi connectivity index (χ2n) is 7.17. The number of anilines is 2. The lowest BCUT2D eigenvalue weighted by Gasteiger charge is -2.18. The van der Waals surface area contributed by atoms with Gasteiger partial charge in [-0.3, -0.25) is 9.59 Å². The van der Waals surface area contributed by atoms with Gasteiger partial charge in [-0.05, 0) is 35.7 Å². The Morgan fingerprint density at radius 3 is 2.45 bits per heavy atom. The number of rotatable bonds is 5. The van der Waals surface area contributed by atoms with E-state index in [-0.39, 0.29) is 18.2 Å². The lowest BCUT2D eigenvalue weighted by Crippen LogP contribution is -2.28. The van der Waals surface area contributed by atoms with Crippen molar-refractivity contribution < 1.29 is 9.59 Å². The average Bonchev–Trinajstić information content (AvgIpc) is 3.12. The third kappa shape index (κ3) is 4.33. The molecular formula is C24H21ClN2O2. The molecule has 0 saturated carbocycles. The molecule has 2 amide bonds. The van der Waals surface area contributed by atoms with Gasteiger partial charge in [0.2, 0.25) is 11.8 Å². The SMILES string of the molecule is O=C(Nc1ccccc1Cc1ccccc1)C1CC(=O)N(c2ccccc2Cl)C1. The van der Waals surface area contributed by atoms with Gasteiger partial charge in [0.25, 0.3) is 0 Å². The second-order valence-corrected chi connectivity index (χ2v) is 7.57. The zero-order chi connectivity index (χ0) is 20.2. The van der Waals surface area contributed by atoms with Gasteiger partial charge in [0.15, 0.2) is 0 Å². The maximum absolute atomic E-state index is 12.9. The van der Waals surface area contributed by atoms with E-state index in [4.69, 9.17) is 11.6 Å². The van der Waals surface area contributed by atoms with Gasteiger partial charge in [0.05, 0.1) is 16.6 Å². The van der Waals surface area contributed by atoms with Gasteiger partial charge in [-0.15, -0.1) is 0 Å². The van der Waals surface area contributed by atoms with Gasteiger partial charge < -0.3 is 10.2 Å². The first-order valence-electron chi connectivity index (χ1n) is 9.59. The molecule has 3 aromatic carbocycles. The van der Waals surface area contributed by atoms with Crippen LogP contribution in [0.2, 0.25) is 5.02 Å². The molecule has 5 heteroatoms. The van der Waals surface area contributed by atoms with E-state index in [1.807, 2.05) is 54.6 Å². The summed E-state index contributed by atoms with van der Waals surface area (Å²) in [5.41, 5.74) is 3.65. The molecule has 1 N–H and O–H groups in total. The lowest BCUT2D eigenvalue weighted by atomic mass is 10.0. The van der Waals surface area contributed by atoms with Crippen molar-refractivity contribution in [2.45, 2.75) is 12.8 Å². The lowest BCUT2D eigenvalue weighted by molar-refractivity contribution is -0.122. The predicted octanol–water partition coefficient (Wildman–Crippen LogP) is 4.92. The van der Waals surface area contributed by atoms with Crippen molar-refractivity contribution in [2.75, 3.05) is 16.8 Å². The average molecular weight is 405 g/mol. The third-order valence-electron chi connectivity index (χ3n) is 5.15. The Hall–Kier alpha value is -3.11. The minimum Gasteiger partial charge on any atom is -0.326 e. The number of benzene rings is 3. The molecule has 146 valence electrons. The summed E-state index contributed by atoms with van der Waals surface area (Å²) in [5, 5.41) is 3.54. The Labute approximate surface area is 175 Å². The molecule has 1 unspecified atom stereocenters. The third-order valence-corrected chi connectivity index (χ3v) is 5.47. The van der Waals surface area contributed by atoms with Gasteiger partial charge >= 0.3 is 0 Å². The molecule has 0 spiro atoms. The van der Waals surface area contributed by atoms with Crippen molar-refractivity contribution in [1.29, 1.82) is 0 Å². The molecule has 1 atom stereocenters. The summed E-state index contributed by atoms with van der Waals surface area (Å²) < 4.78 is 0. The van der Waals surface area contributed by atoms with Gasteiger partial charge in [-0.1, -0.05) is 72.3 Å². The number of hydrogen-bond acceptors (Lipinski definition) is 2. The summed E-state index contributed by atoms with van der Waals surface area (Å²) >= 11 is 6.23. The molecule has 4 rings (SSSR count). The molecule has 0 aromatic heterocycles. The molecule has 1 saturated heterocycles. The van der Waals surface area contributed by atoms with Crippen LogP contribution in [-0.2, 0) is 16.0 Å². The molecule has 29 heavy (non-hydrogen) atoms. The van der Waals surface area contributed by atoms with E-state index >= 15 is 0 Å². The second kappa shape index (κ2) is 8.50. The quantitative estimate of drug-likeness (QED) is 0.656. The fourth-order valence-corrected chi connectivity index (χ4v) is 3.87. The fourth-order valence-electron chi connectivity index (χ4n) is 3.63. The van der Waals surface area contributed by atoms with Crippen LogP contribution in [0.15, 0.2) is 78.9 Å².